The van der Waals surface area contributed by atoms with Gasteiger partial charge in [0.2, 0.25) is 0 Å². The summed E-state index contributed by atoms with van der Waals surface area (Å²) in [5.41, 5.74) is 9.24. The second-order valence-corrected chi connectivity index (χ2v) is 0.874. The van der Waals surface area contributed by atoms with Gasteiger partial charge in [-0.3, -0.25) is 0 Å². The van der Waals surface area contributed by atoms with Crippen LogP contribution in [0.3, 0.4) is 0 Å². The molecule has 0 saturated carbocycles. The van der Waals surface area contributed by atoms with Crippen LogP contribution >= 0.6 is 12.2 Å². The van der Waals surface area contributed by atoms with Crippen molar-refractivity contribution in [2.75, 3.05) is 0 Å². The molecule has 4 N–H and O–H groups in total. The summed E-state index contributed by atoms with van der Waals surface area (Å²) in [5, 5.41) is 0.000000000000000222. The molecule has 0 unspecified atom stereocenters. The Morgan fingerprint density at radius 3 is 1.40 bits per heavy atom. The maximum atomic E-state index is 4.62. The van der Waals surface area contributed by atoms with Gasteiger partial charge in [0.05, 0.1) is 0 Å². The van der Waals surface area contributed by atoms with Gasteiger partial charge in [0, 0.05) is 24.4 Å². The van der Waals surface area contributed by atoms with E-state index in [0.29, 0.717) is 0 Å². The van der Waals surface area contributed by atoms with E-state index in [1.54, 1.807) is 0 Å². The minimum Gasteiger partial charge on any atom is -0.377 e. The average Bonchev–Trinajstić information content (AvgIpc) is 0.811. The van der Waals surface area contributed by atoms with Crippen LogP contribution in [0.25, 0.3) is 0 Å². The fourth-order valence-corrected chi connectivity index (χ4v) is 0. The molecule has 0 aromatic rings. The minimum absolute atomic E-state index is 0. The molecule has 0 aromatic carbocycles. The maximum absolute atomic E-state index is 4.62. The molecule has 2 nitrogen and oxygen atoms in total. The molecule has 0 atom stereocenters. The van der Waals surface area contributed by atoms with Gasteiger partial charge in [-0.05, 0) is 12.2 Å². The molecule has 4 heteroatoms. The van der Waals surface area contributed by atoms with Crippen molar-refractivity contribution in [2.45, 2.75) is 0 Å². The van der Waals surface area contributed by atoms with E-state index in [9.17, 15) is 0 Å². The van der Waals surface area contributed by atoms with Gasteiger partial charge in [-0.2, -0.15) is 0 Å². The second-order valence-electron chi connectivity index (χ2n) is 0.402. The van der Waals surface area contributed by atoms with Gasteiger partial charge in [-0.1, -0.05) is 0 Å². The second kappa shape index (κ2) is 4.51. The molecule has 0 fully saturated rings. The fourth-order valence-electron chi connectivity index (χ4n) is 0. The molecule has 0 aliphatic rings. The van der Waals surface area contributed by atoms with E-state index in [1.807, 2.05) is 0 Å². The molecular formula is CH4N2SSb. The third-order valence-corrected chi connectivity index (χ3v) is 0. The number of thiocarbonyl (C=S) groups is 1. The fraction of sp³-hybridized carbons (Fsp3) is 0. The zero-order chi connectivity index (χ0) is 3.58. The zero-order valence-corrected chi connectivity index (χ0v) is 5.88. The van der Waals surface area contributed by atoms with Crippen molar-refractivity contribution in [1.29, 1.82) is 0 Å². The van der Waals surface area contributed by atoms with E-state index in [-0.39, 0.29) is 29.5 Å². The first-order valence-electron chi connectivity index (χ1n) is 0.781. The van der Waals surface area contributed by atoms with E-state index in [1.165, 1.54) is 0 Å². The van der Waals surface area contributed by atoms with Gasteiger partial charge in [0.15, 0.2) is 5.11 Å². The Morgan fingerprint density at radius 1 is 1.40 bits per heavy atom. The van der Waals surface area contributed by atoms with Crippen molar-refractivity contribution in [1.82, 2.24) is 0 Å². The van der Waals surface area contributed by atoms with E-state index < -0.39 is 0 Å². The Hall–Kier alpha value is 0.508. The summed E-state index contributed by atoms with van der Waals surface area (Å²) in [5.74, 6) is 0. The molecule has 0 amide bonds. The summed E-state index contributed by atoms with van der Waals surface area (Å²) in [4.78, 5) is 0. The van der Waals surface area contributed by atoms with Gasteiger partial charge in [0.25, 0.3) is 0 Å². The first kappa shape index (κ1) is 9.10. The SMILES string of the molecule is NC(N)=S.[Sb]. The number of rotatable bonds is 0. The Labute approximate surface area is 53.3 Å². The number of hydrogen-bond acceptors (Lipinski definition) is 1. The van der Waals surface area contributed by atoms with Crippen LogP contribution in [0.4, 0.5) is 0 Å². The summed E-state index contributed by atoms with van der Waals surface area (Å²) in [7, 11) is 0. The third kappa shape index (κ3) is 110. The monoisotopic (exact) mass is 197 g/mol. The predicted octanol–water partition coefficient (Wildman–Crippen LogP) is -1.19. The largest absolute Gasteiger partial charge is 0.377 e. The average molecular weight is 198 g/mol. The van der Waals surface area contributed by atoms with Gasteiger partial charge in [-0.15, -0.1) is 0 Å². The molecule has 0 rings (SSSR count). The molecule has 0 spiro atoms. The van der Waals surface area contributed by atoms with Crippen LogP contribution < -0.4 is 11.5 Å². The maximum Gasteiger partial charge on any atom is 0.160 e. The molecule has 3 radical (unpaired) electrons. The van der Waals surface area contributed by atoms with Gasteiger partial charge < -0.3 is 11.5 Å². The summed E-state index contributed by atoms with van der Waals surface area (Å²) in [6.07, 6.45) is 0. The molecule has 0 aliphatic heterocycles. The van der Waals surface area contributed by atoms with Crippen molar-refractivity contribution >= 4 is 41.8 Å². The predicted molar refractivity (Wildman–Crippen MR) is 26.7 cm³/mol. The molecule has 0 saturated heterocycles. The Kier molecular flexibility index (Phi) is 8.20. The molecule has 0 heterocycles. The Morgan fingerprint density at radius 2 is 1.40 bits per heavy atom. The summed E-state index contributed by atoms with van der Waals surface area (Å²) in [6, 6.07) is 0. The molecule has 0 aliphatic carbocycles. The summed E-state index contributed by atoms with van der Waals surface area (Å²) in [6.45, 7) is 0. The first-order chi connectivity index (χ1) is 1.73. The quantitative estimate of drug-likeness (QED) is 0.380. The van der Waals surface area contributed by atoms with Crippen molar-refractivity contribution in [2.24, 2.45) is 11.5 Å². The molecule has 0 aromatic heterocycles. The van der Waals surface area contributed by atoms with Gasteiger partial charge in [0.1, 0.15) is 0 Å². The van der Waals surface area contributed by atoms with Crippen molar-refractivity contribution in [3.05, 3.63) is 0 Å². The number of nitrogens with two attached hydrogens (primary N) is 2. The zero-order valence-electron chi connectivity index (χ0n) is 2.51. The third-order valence-electron chi connectivity index (χ3n) is 0. The normalized spacial score (nSPS) is 4.80. The topological polar surface area (TPSA) is 52.0 Å². The van der Waals surface area contributed by atoms with E-state index >= 15 is 0 Å². The first-order valence-corrected chi connectivity index (χ1v) is 1.19. The Balaban J connectivity index is 0. The van der Waals surface area contributed by atoms with E-state index in [2.05, 4.69) is 23.7 Å². The van der Waals surface area contributed by atoms with Crippen molar-refractivity contribution in [3.63, 3.8) is 0 Å². The molecule has 5 heavy (non-hydrogen) atoms. The number of hydrogen-bond donors (Lipinski definition) is 2. The Bertz CT molecular complexity index is 32.6. The van der Waals surface area contributed by atoms with Crippen LogP contribution in [0.15, 0.2) is 0 Å². The van der Waals surface area contributed by atoms with Gasteiger partial charge in [-0.25, -0.2) is 0 Å². The van der Waals surface area contributed by atoms with Crippen LogP contribution in [0, 0.1) is 0 Å². The van der Waals surface area contributed by atoms with Crippen molar-refractivity contribution < 1.29 is 0 Å². The summed E-state index contributed by atoms with van der Waals surface area (Å²) >= 11 is 4.09. The van der Waals surface area contributed by atoms with Crippen LogP contribution in [-0.4, -0.2) is 29.5 Å². The van der Waals surface area contributed by atoms with Crippen LogP contribution in [0.1, 0.15) is 0 Å². The minimum atomic E-state index is 0. The van der Waals surface area contributed by atoms with Crippen LogP contribution in [-0.2, 0) is 0 Å². The van der Waals surface area contributed by atoms with Crippen molar-refractivity contribution in [3.8, 4) is 0 Å². The smallest absolute Gasteiger partial charge is 0.160 e. The molecular weight excluding hydrogens is 194 g/mol. The van der Waals surface area contributed by atoms with Gasteiger partial charge >= 0.3 is 0 Å². The standard InChI is InChI=1S/CH4N2S.Sb/c2-1(3)4;/h(H4,2,3,4);. The molecule has 0 bridgehead atoms. The molecule has 29 valence electrons. The van der Waals surface area contributed by atoms with Crippen LogP contribution in [0.5, 0.6) is 0 Å². The van der Waals surface area contributed by atoms with E-state index in [4.69, 9.17) is 0 Å². The summed E-state index contributed by atoms with van der Waals surface area (Å²) < 4.78 is 0. The van der Waals surface area contributed by atoms with Crippen LogP contribution in [0.2, 0.25) is 0 Å². The van der Waals surface area contributed by atoms with E-state index in [0.717, 1.165) is 0 Å².